The highest BCUT2D eigenvalue weighted by Gasteiger charge is 2.15. The minimum Gasteiger partial charge on any atom is -0.492 e. The van der Waals surface area contributed by atoms with Crippen LogP contribution in [0, 0.1) is 5.92 Å². The van der Waals surface area contributed by atoms with E-state index < -0.39 is 0 Å². The summed E-state index contributed by atoms with van der Waals surface area (Å²) in [5, 5.41) is 3.44. The molecule has 0 atom stereocenters. The predicted molar refractivity (Wildman–Crippen MR) is 86.0 cm³/mol. The molecule has 0 bridgehead atoms. The van der Waals surface area contributed by atoms with Crippen LogP contribution >= 0.6 is 0 Å². The second-order valence-electron chi connectivity index (χ2n) is 6.28. The largest absolute Gasteiger partial charge is 0.492 e. The van der Waals surface area contributed by atoms with Crippen LogP contribution in [0.15, 0.2) is 18.5 Å². The van der Waals surface area contributed by atoms with Crippen LogP contribution in [-0.2, 0) is 0 Å². The minimum atomic E-state index is 0.741. The lowest BCUT2D eigenvalue weighted by Crippen LogP contribution is -2.27. The van der Waals surface area contributed by atoms with Crippen molar-refractivity contribution < 1.29 is 4.74 Å². The van der Waals surface area contributed by atoms with Crippen LogP contribution in [0.1, 0.15) is 38.5 Å². The Bertz CT molecular complexity index is 424. The molecule has 4 nitrogen and oxygen atoms in total. The highest BCUT2D eigenvalue weighted by Crippen LogP contribution is 2.25. The van der Waals surface area contributed by atoms with Crippen LogP contribution < -0.4 is 15.0 Å². The van der Waals surface area contributed by atoms with Gasteiger partial charge in [0, 0.05) is 25.7 Å². The van der Waals surface area contributed by atoms with Crippen LogP contribution in [0.5, 0.6) is 5.75 Å². The number of rotatable bonds is 4. The summed E-state index contributed by atoms with van der Waals surface area (Å²) in [5.41, 5.74) is 1.19. The van der Waals surface area contributed by atoms with Crippen LogP contribution in [0.4, 0.5) is 5.69 Å². The first-order valence-electron chi connectivity index (χ1n) is 8.45. The predicted octanol–water partition coefficient (Wildman–Crippen LogP) is 2.84. The van der Waals surface area contributed by atoms with Crippen molar-refractivity contribution in [3.8, 4) is 5.75 Å². The second-order valence-corrected chi connectivity index (χ2v) is 6.28. The summed E-state index contributed by atoms with van der Waals surface area (Å²) in [7, 11) is 0. The maximum atomic E-state index is 6.00. The number of hydrogen-bond acceptors (Lipinski definition) is 4. The second kappa shape index (κ2) is 7.64. The van der Waals surface area contributed by atoms with Crippen LogP contribution in [0.25, 0.3) is 0 Å². The van der Waals surface area contributed by atoms with Gasteiger partial charge in [0.15, 0.2) is 0 Å². The average molecular weight is 289 g/mol. The Morgan fingerprint density at radius 2 is 2.00 bits per heavy atom. The first-order valence-corrected chi connectivity index (χ1v) is 8.45. The molecule has 0 spiro atoms. The summed E-state index contributed by atoms with van der Waals surface area (Å²) in [5.74, 6) is 1.67. The van der Waals surface area contributed by atoms with Crippen LogP contribution in [-0.4, -0.2) is 37.8 Å². The molecule has 1 aliphatic carbocycles. The summed E-state index contributed by atoms with van der Waals surface area (Å²) in [6, 6.07) is 2.15. The summed E-state index contributed by atoms with van der Waals surface area (Å²) in [4.78, 5) is 6.77. The van der Waals surface area contributed by atoms with Gasteiger partial charge >= 0.3 is 0 Å². The fraction of sp³-hybridized carbons (Fsp3) is 0.706. The lowest BCUT2D eigenvalue weighted by atomic mass is 9.90. The van der Waals surface area contributed by atoms with E-state index in [1.54, 1.807) is 0 Å². The number of ether oxygens (including phenoxy) is 1. The molecule has 1 N–H and O–H groups in total. The van der Waals surface area contributed by atoms with Gasteiger partial charge in [-0.2, -0.15) is 0 Å². The summed E-state index contributed by atoms with van der Waals surface area (Å²) >= 11 is 0. The van der Waals surface area contributed by atoms with Crippen molar-refractivity contribution in [3.05, 3.63) is 18.5 Å². The molecule has 21 heavy (non-hydrogen) atoms. The van der Waals surface area contributed by atoms with E-state index in [4.69, 9.17) is 4.74 Å². The molecule has 2 fully saturated rings. The van der Waals surface area contributed by atoms with E-state index in [0.717, 1.165) is 44.5 Å². The number of nitrogens with one attached hydrogen (secondary N) is 1. The number of pyridine rings is 1. The Balaban J connectivity index is 1.56. The quantitative estimate of drug-likeness (QED) is 0.925. The monoisotopic (exact) mass is 289 g/mol. The lowest BCUT2D eigenvalue weighted by molar-refractivity contribution is 0.208. The number of hydrogen-bond donors (Lipinski definition) is 1. The van der Waals surface area contributed by atoms with Gasteiger partial charge in [0.2, 0.25) is 0 Å². The molecule has 0 amide bonds. The maximum Gasteiger partial charge on any atom is 0.139 e. The van der Waals surface area contributed by atoms with Gasteiger partial charge in [-0.05, 0) is 31.7 Å². The van der Waals surface area contributed by atoms with E-state index in [1.807, 2.05) is 12.4 Å². The topological polar surface area (TPSA) is 37.4 Å². The average Bonchev–Trinajstić information content (AvgIpc) is 2.83. The van der Waals surface area contributed by atoms with Gasteiger partial charge in [-0.15, -0.1) is 0 Å². The van der Waals surface area contributed by atoms with Crippen molar-refractivity contribution in [1.29, 1.82) is 0 Å². The molecular weight excluding hydrogens is 262 g/mol. The van der Waals surface area contributed by atoms with Gasteiger partial charge in [0.05, 0.1) is 24.7 Å². The van der Waals surface area contributed by atoms with Crippen molar-refractivity contribution in [1.82, 2.24) is 10.3 Å². The van der Waals surface area contributed by atoms with E-state index in [0.29, 0.717) is 0 Å². The fourth-order valence-corrected chi connectivity index (χ4v) is 3.33. The normalized spacial score (nSPS) is 21.0. The van der Waals surface area contributed by atoms with E-state index in [-0.39, 0.29) is 0 Å². The molecule has 1 aromatic heterocycles. The first-order chi connectivity index (χ1) is 10.4. The molecule has 2 heterocycles. The Kier molecular flexibility index (Phi) is 5.33. The maximum absolute atomic E-state index is 6.00. The van der Waals surface area contributed by atoms with Gasteiger partial charge in [-0.3, -0.25) is 4.98 Å². The molecule has 0 radical (unpaired) electrons. The van der Waals surface area contributed by atoms with Crippen LogP contribution in [0.3, 0.4) is 0 Å². The summed E-state index contributed by atoms with van der Waals surface area (Å²) in [6.45, 7) is 5.16. The number of anilines is 1. The smallest absolute Gasteiger partial charge is 0.139 e. The van der Waals surface area contributed by atoms with Gasteiger partial charge in [0.1, 0.15) is 5.75 Å². The molecule has 1 aliphatic heterocycles. The standard InChI is InChI=1S/C17H27N3O/c1-2-5-15(6-3-1)14-21-17-11-16(12-19-13-17)20-9-4-7-18-8-10-20/h11-13,15,18H,1-10,14H2. The molecule has 3 rings (SSSR count). The Morgan fingerprint density at radius 1 is 1.10 bits per heavy atom. The molecule has 4 heteroatoms. The van der Waals surface area contributed by atoms with Gasteiger partial charge in [0.25, 0.3) is 0 Å². The van der Waals surface area contributed by atoms with Crippen molar-refractivity contribution >= 4 is 5.69 Å². The Hall–Kier alpha value is -1.29. The van der Waals surface area contributed by atoms with Crippen molar-refractivity contribution in [2.24, 2.45) is 5.92 Å². The molecule has 0 aromatic carbocycles. The highest BCUT2D eigenvalue weighted by atomic mass is 16.5. The zero-order chi connectivity index (χ0) is 14.3. The third kappa shape index (κ3) is 4.34. The van der Waals surface area contributed by atoms with E-state index >= 15 is 0 Å². The third-order valence-corrected chi connectivity index (χ3v) is 4.61. The van der Waals surface area contributed by atoms with E-state index in [1.165, 1.54) is 44.2 Å². The molecule has 2 aliphatic rings. The zero-order valence-electron chi connectivity index (χ0n) is 12.9. The van der Waals surface area contributed by atoms with Gasteiger partial charge < -0.3 is 15.0 Å². The zero-order valence-corrected chi connectivity index (χ0v) is 12.9. The fourth-order valence-electron chi connectivity index (χ4n) is 3.33. The van der Waals surface area contributed by atoms with Crippen LogP contribution in [0.2, 0.25) is 0 Å². The van der Waals surface area contributed by atoms with Gasteiger partial charge in [-0.25, -0.2) is 0 Å². The van der Waals surface area contributed by atoms with E-state index in [9.17, 15) is 0 Å². The van der Waals surface area contributed by atoms with E-state index in [2.05, 4.69) is 21.3 Å². The summed E-state index contributed by atoms with van der Waals surface area (Å²) in [6.07, 6.45) is 11.8. The van der Waals surface area contributed by atoms with Gasteiger partial charge in [-0.1, -0.05) is 19.3 Å². The molecule has 1 saturated heterocycles. The first kappa shape index (κ1) is 14.6. The lowest BCUT2D eigenvalue weighted by Gasteiger charge is -2.24. The molecular formula is C17H27N3O. The highest BCUT2D eigenvalue weighted by molar-refractivity contribution is 5.48. The number of nitrogens with zero attached hydrogens (tertiary/aromatic N) is 2. The van der Waals surface area contributed by atoms with Crippen molar-refractivity contribution in [3.63, 3.8) is 0 Å². The molecule has 1 saturated carbocycles. The minimum absolute atomic E-state index is 0.741. The van der Waals surface area contributed by atoms with Crippen molar-refractivity contribution in [2.75, 3.05) is 37.7 Å². The number of aromatic nitrogens is 1. The molecule has 116 valence electrons. The SMILES string of the molecule is c1ncc(N2CCCNCC2)cc1OCC1CCCCC1. The summed E-state index contributed by atoms with van der Waals surface area (Å²) < 4.78 is 6.00. The molecule has 1 aromatic rings. The Morgan fingerprint density at radius 3 is 2.90 bits per heavy atom. The third-order valence-electron chi connectivity index (χ3n) is 4.61. The molecule has 0 unspecified atom stereocenters. The Labute approximate surface area is 127 Å². The van der Waals surface area contributed by atoms with Crippen molar-refractivity contribution in [2.45, 2.75) is 38.5 Å².